The number of piperidine rings is 1. The number of hydrogen-bond acceptors (Lipinski definition) is 4. The van der Waals surface area contributed by atoms with Crippen LogP contribution in [-0.2, 0) is 9.53 Å². The lowest BCUT2D eigenvalue weighted by molar-refractivity contribution is -0.121. The molecule has 0 spiro atoms. The van der Waals surface area contributed by atoms with Crippen molar-refractivity contribution in [2.24, 2.45) is 5.92 Å². The Hall–Kier alpha value is -1.59. The first-order valence-corrected chi connectivity index (χ1v) is 7.85. The molecule has 0 saturated carbocycles. The van der Waals surface area contributed by atoms with Crippen LogP contribution in [0.15, 0.2) is 18.2 Å². The standard InChI is InChI=1S/C16H21ClN2O3/c1-3-22-16(21)13-10-12(4-5-14(13)17)18-15(20)11-6-8-19(2)9-7-11/h4-5,10-11H,3,6-9H2,1-2H3,(H,18,20). The van der Waals surface area contributed by atoms with E-state index in [1.165, 1.54) is 0 Å². The summed E-state index contributed by atoms with van der Waals surface area (Å²) in [4.78, 5) is 26.3. The van der Waals surface area contributed by atoms with Gasteiger partial charge in [-0.1, -0.05) is 11.6 Å². The Kier molecular flexibility index (Phi) is 5.80. The molecule has 1 amide bonds. The fourth-order valence-electron chi connectivity index (χ4n) is 2.48. The van der Waals surface area contributed by atoms with Crippen molar-refractivity contribution < 1.29 is 14.3 Å². The van der Waals surface area contributed by atoms with Gasteiger partial charge in [-0.2, -0.15) is 0 Å². The Morgan fingerprint density at radius 2 is 2.05 bits per heavy atom. The minimum atomic E-state index is -0.483. The van der Waals surface area contributed by atoms with Gasteiger partial charge in [-0.05, 0) is 58.1 Å². The van der Waals surface area contributed by atoms with E-state index in [1.807, 2.05) is 0 Å². The van der Waals surface area contributed by atoms with Crippen molar-refractivity contribution >= 4 is 29.2 Å². The number of carbonyl (C=O) groups excluding carboxylic acids is 2. The maximum Gasteiger partial charge on any atom is 0.339 e. The van der Waals surface area contributed by atoms with Crippen LogP contribution in [-0.4, -0.2) is 43.5 Å². The van der Waals surface area contributed by atoms with Gasteiger partial charge in [0.05, 0.1) is 17.2 Å². The smallest absolute Gasteiger partial charge is 0.339 e. The molecular formula is C16H21ClN2O3. The molecule has 2 rings (SSSR count). The molecule has 1 aliphatic heterocycles. The summed E-state index contributed by atoms with van der Waals surface area (Å²) in [5, 5.41) is 3.18. The number of benzene rings is 1. The zero-order valence-corrected chi connectivity index (χ0v) is 13.7. The van der Waals surface area contributed by atoms with Crippen molar-refractivity contribution in [1.29, 1.82) is 0 Å². The summed E-state index contributed by atoms with van der Waals surface area (Å²) < 4.78 is 4.96. The molecule has 6 heteroatoms. The van der Waals surface area contributed by atoms with Gasteiger partial charge in [-0.3, -0.25) is 4.79 Å². The molecule has 1 aliphatic rings. The van der Waals surface area contributed by atoms with Crippen LogP contribution in [0.3, 0.4) is 0 Å². The van der Waals surface area contributed by atoms with Gasteiger partial charge in [0.25, 0.3) is 0 Å². The molecule has 0 aromatic heterocycles. The van der Waals surface area contributed by atoms with Crippen LogP contribution in [0.25, 0.3) is 0 Å². The summed E-state index contributed by atoms with van der Waals surface area (Å²) in [5.41, 5.74) is 0.834. The number of nitrogens with zero attached hydrogens (tertiary/aromatic N) is 1. The van der Waals surface area contributed by atoms with E-state index in [-0.39, 0.29) is 24.0 Å². The van der Waals surface area contributed by atoms with E-state index in [2.05, 4.69) is 17.3 Å². The number of carbonyl (C=O) groups is 2. The highest BCUT2D eigenvalue weighted by Gasteiger charge is 2.23. The number of anilines is 1. The van der Waals surface area contributed by atoms with E-state index in [4.69, 9.17) is 16.3 Å². The van der Waals surface area contributed by atoms with Crippen LogP contribution in [0.5, 0.6) is 0 Å². The molecule has 0 atom stereocenters. The third-order valence-corrected chi connectivity index (χ3v) is 4.15. The van der Waals surface area contributed by atoms with E-state index in [0.29, 0.717) is 10.7 Å². The first-order valence-electron chi connectivity index (χ1n) is 7.47. The average molecular weight is 325 g/mol. The van der Waals surface area contributed by atoms with Crippen LogP contribution in [0.2, 0.25) is 5.02 Å². The fraction of sp³-hybridized carbons (Fsp3) is 0.500. The Balaban J connectivity index is 2.05. The van der Waals surface area contributed by atoms with Gasteiger partial charge in [0.1, 0.15) is 0 Å². The summed E-state index contributed by atoms with van der Waals surface area (Å²) >= 11 is 6.01. The molecule has 22 heavy (non-hydrogen) atoms. The van der Waals surface area contributed by atoms with Crippen molar-refractivity contribution in [3.05, 3.63) is 28.8 Å². The number of likely N-dealkylation sites (tertiary alicyclic amines) is 1. The Labute approximate surface area is 135 Å². The summed E-state index contributed by atoms with van der Waals surface area (Å²) in [7, 11) is 2.05. The van der Waals surface area contributed by atoms with Gasteiger partial charge in [0.15, 0.2) is 0 Å². The molecule has 0 aliphatic carbocycles. The maximum atomic E-state index is 12.3. The van der Waals surface area contributed by atoms with Crippen LogP contribution in [0.1, 0.15) is 30.1 Å². The lowest BCUT2D eigenvalue weighted by Crippen LogP contribution is -2.35. The van der Waals surface area contributed by atoms with Gasteiger partial charge in [-0.15, -0.1) is 0 Å². The summed E-state index contributed by atoms with van der Waals surface area (Å²) in [6.07, 6.45) is 1.70. The largest absolute Gasteiger partial charge is 0.462 e. The third-order valence-electron chi connectivity index (χ3n) is 3.82. The zero-order valence-electron chi connectivity index (χ0n) is 12.9. The van der Waals surface area contributed by atoms with Crippen molar-refractivity contribution in [2.45, 2.75) is 19.8 Å². The fourth-order valence-corrected chi connectivity index (χ4v) is 2.68. The first kappa shape index (κ1) is 16.8. The highest BCUT2D eigenvalue weighted by molar-refractivity contribution is 6.33. The molecule has 5 nitrogen and oxygen atoms in total. The van der Waals surface area contributed by atoms with Crippen LogP contribution in [0.4, 0.5) is 5.69 Å². The zero-order chi connectivity index (χ0) is 16.1. The molecule has 1 N–H and O–H groups in total. The van der Waals surface area contributed by atoms with Crippen LogP contribution < -0.4 is 5.32 Å². The highest BCUT2D eigenvalue weighted by Crippen LogP contribution is 2.23. The predicted molar refractivity (Wildman–Crippen MR) is 86.3 cm³/mol. The van der Waals surface area contributed by atoms with E-state index in [1.54, 1.807) is 25.1 Å². The van der Waals surface area contributed by atoms with Gasteiger partial charge in [0.2, 0.25) is 5.91 Å². The molecule has 1 saturated heterocycles. The van der Waals surface area contributed by atoms with Gasteiger partial charge in [0, 0.05) is 11.6 Å². The number of nitrogens with one attached hydrogen (secondary N) is 1. The molecule has 1 fully saturated rings. The van der Waals surface area contributed by atoms with Crippen molar-refractivity contribution in [2.75, 3.05) is 32.1 Å². The lowest BCUT2D eigenvalue weighted by Gasteiger charge is -2.28. The van der Waals surface area contributed by atoms with E-state index < -0.39 is 5.97 Å². The number of amides is 1. The van der Waals surface area contributed by atoms with E-state index in [9.17, 15) is 9.59 Å². The quantitative estimate of drug-likeness (QED) is 0.865. The molecular weight excluding hydrogens is 304 g/mol. The minimum absolute atomic E-state index is 0.00905. The second kappa shape index (κ2) is 7.61. The second-order valence-electron chi connectivity index (χ2n) is 5.48. The van der Waals surface area contributed by atoms with Crippen molar-refractivity contribution in [1.82, 2.24) is 4.90 Å². The van der Waals surface area contributed by atoms with Gasteiger partial charge in [-0.25, -0.2) is 4.79 Å². The number of esters is 1. The average Bonchev–Trinajstić information content (AvgIpc) is 2.50. The lowest BCUT2D eigenvalue weighted by atomic mass is 9.96. The first-order chi connectivity index (χ1) is 10.5. The molecule has 0 unspecified atom stereocenters. The number of ether oxygens (including phenoxy) is 1. The summed E-state index contributed by atoms with van der Waals surface area (Å²) in [6, 6.07) is 4.85. The molecule has 1 aromatic rings. The Morgan fingerprint density at radius 3 is 2.68 bits per heavy atom. The SMILES string of the molecule is CCOC(=O)c1cc(NC(=O)C2CCN(C)CC2)ccc1Cl. The summed E-state index contributed by atoms with van der Waals surface area (Å²) in [6.45, 7) is 3.86. The molecule has 0 bridgehead atoms. The minimum Gasteiger partial charge on any atom is -0.462 e. The maximum absolute atomic E-state index is 12.3. The number of rotatable bonds is 4. The van der Waals surface area contributed by atoms with Crippen LogP contribution in [0, 0.1) is 5.92 Å². The van der Waals surface area contributed by atoms with Crippen LogP contribution >= 0.6 is 11.6 Å². The second-order valence-corrected chi connectivity index (χ2v) is 5.89. The van der Waals surface area contributed by atoms with Crippen molar-refractivity contribution in [3.8, 4) is 0 Å². The summed E-state index contributed by atoms with van der Waals surface area (Å²) in [5.74, 6) is -0.481. The van der Waals surface area contributed by atoms with E-state index in [0.717, 1.165) is 25.9 Å². The molecule has 120 valence electrons. The monoisotopic (exact) mass is 324 g/mol. The normalized spacial score (nSPS) is 16.3. The number of halogens is 1. The van der Waals surface area contributed by atoms with Gasteiger partial charge >= 0.3 is 5.97 Å². The number of hydrogen-bond donors (Lipinski definition) is 1. The molecule has 0 radical (unpaired) electrons. The van der Waals surface area contributed by atoms with Crippen molar-refractivity contribution in [3.63, 3.8) is 0 Å². The third kappa shape index (κ3) is 4.21. The van der Waals surface area contributed by atoms with E-state index >= 15 is 0 Å². The predicted octanol–water partition coefficient (Wildman–Crippen LogP) is 2.80. The topological polar surface area (TPSA) is 58.6 Å². The highest BCUT2D eigenvalue weighted by atomic mass is 35.5. The van der Waals surface area contributed by atoms with Gasteiger partial charge < -0.3 is 15.0 Å². The Morgan fingerprint density at radius 1 is 1.36 bits per heavy atom. The Bertz CT molecular complexity index is 554. The molecule has 1 aromatic carbocycles. The molecule has 1 heterocycles.